The van der Waals surface area contributed by atoms with Crippen LogP contribution in [0.25, 0.3) is 0 Å². The molecule has 0 aliphatic rings. The first kappa shape index (κ1) is 9.42. The molecular weight excluding hydrogens is 216 g/mol. The summed E-state index contributed by atoms with van der Waals surface area (Å²) in [5.41, 5.74) is 6.41. The van der Waals surface area contributed by atoms with Crippen molar-refractivity contribution in [3.8, 4) is 0 Å². The molecule has 0 aromatic carbocycles. The van der Waals surface area contributed by atoms with Gasteiger partial charge in [0, 0.05) is 17.3 Å². The maximum atomic E-state index is 5.54. The molecule has 0 saturated carbocycles. The van der Waals surface area contributed by atoms with Crippen LogP contribution in [0.3, 0.4) is 0 Å². The molecule has 2 rings (SSSR count). The summed E-state index contributed by atoms with van der Waals surface area (Å²) >= 11 is 3.08. The quantitative estimate of drug-likeness (QED) is 0.790. The predicted molar refractivity (Wildman–Crippen MR) is 57.4 cm³/mol. The molecule has 0 saturated heterocycles. The van der Waals surface area contributed by atoms with E-state index in [-0.39, 0.29) is 0 Å². The Bertz CT molecular complexity index is 407. The standard InChI is InChI=1S/C8H8N4S2/c1-5-4-6(12-7(9)11-5)14-8-10-2-3-13-8/h2-4H,1H3,(H2,9,11,12). The molecule has 0 atom stereocenters. The van der Waals surface area contributed by atoms with Gasteiger partial charge in [-0.1, -0.05) is 0 Å². The van der Waals surface area contributed by atoms with E-state index in [4.69, 9.17) is 5.73 Å². The zero-order valence-electron chi connectivity index (χ0n) is 7.47. The van der Waals surface area contributed by atoms with Crippen molar-refractivity contribution in [3.05, 3.63) is 23.3 Å². The minimum atomic E-state index is 0.309. The van der Waals surface area contributed by atoms with Crippen molar-refractivity contribution >= 4 is 29.0 Å². The molecule has 0 spiro atoms. The van der Waals surface area contributed by atoms with Gasteiger partial charge in [-0.3, -0.25) is 0 Å². The molecule has 6 heteroatoms. The zero-order chi connectivity index (χ0) is 9.97. The number of rotatable bonds is 2. The molecule has 0 fully saturated rings. The summed E-state index contributed by atoms with van der Waals surface area (Å²) < 4.78 is 0.961. The van der Waals surface area contributed by atoms with Crippen LogP contribution in [0.4, 0.5) is 5.95 Å². The lowest BCUT2D eigenvalue weighted by Crippen LogP contribution is -1.97. The molecule has 0 amide bonds. The van der Waals surface area contributed by atoms with Gasteiger partial charge >= 0.3 is 0 Å². The van der Waals surface area contributed by atoms with Crippen molar-refractivity contribution in [1.29, 1.82) is 0 Å². The summed E-state index contributed by atoms with van der Waals surface area (Å²) in [5, 5.41) is 2.77. The van der Waals surface area contributed by atoms with Crippen LogP contribution in [0.1, 0.15) is 5.69 Å². The molecule has 72 valence electrons. The van der Waals surface area contributed by atoms with Gasteiger partial charge in [0.2, 0.25) is 5.95 Å². The lowest BCUT2D eigenvalue weighted by molar-refractivity contribution is 1.02. The second-order valence-corrected chi connectivity index (χ2v) is 4.77. The Morgan fingerprint density at radius 3 is 2.93 bits per heavy atom. The second kappa shape index (κ2) is 3.93. The first-order valence-corrected chi connectivity index (χ1v) is 5.62. The number of aryl methyl sites for hydroxylation is 1. The van der Waals surface area contributed by atoms with Crippen molar-refractivity contribution in [2.75, 3.05) is 5.73 Å². The molecular formula is C8H8N4S2. The minimum absolute atomic E-state index is 0.309. The predicted octanol–water partition coefficient (Wildman–Crippen LogP) is 1.97. The van der Waals surface area contributed by atoms with Gasteiger partial charge < -0.3 is 5.73 Å². The van der Waals surface area contributed by atoms with E-state index in [1.54, 1.807) is 17.5 Å². The maximum absolute atomic E-state index is 5.54. The van der Waals surface area contributed by atoms with Gasteiger partial charge in [-0.2, -0.15) is 0 Å². The molecule has 2 aromatic heterocycles. The number of hydrogen-bond acceptors (Lipinski definition) is 6. The fraction of sp³-hybridized carbons (Fsp3) is 0.125. The van der Waals surface area contributed by atoms with Gasteiger partial charge in [-0.15, -0.1) is 11.3 Å². The van der Waals surface area contributed by atoms with E-state index in [1.807, 2.05) is 18.4 Å². The van der Waals surface area contributed by atoms with Gasteiger partial charge in [-0.25, -0.2) is 15.0 Å². The monoisotopic (exact) mass is 224 g/mol. The highest BCUT2D eigenvalue weighted by atomic mass is 32.2. The third-order valence-corrected chi connectivity index (χ3v) is 3.25. The fourth-order valence-electron chi connectivity index (χ4n) is 0.964. The number of nitrogens with zero attached hydrogens (tertiary/aromatic N) is 3. The maximum Gasteiger partial charge on any atom is 0.221 e. The Morgan fingerprint density at radius 2 is 2.29 bits per heavy atom. The lowest BCUT2D eigenvalue weighted by Gasteiger charge is -1.99. The SMILES string of the molecule is Cc1cc(Sc2nccs2)nc(N)n1. The largest absolute Gasteiger partial charge is 0.368 e. The van der Waals surface area contributed by atoms with Gasteiger partial charge in [0.05, 0.1) is 0 Å². The van der Waals surface area contributed by atoms with Crippen molar-refractivity contribution in [2.24, 2.45) is 0 Å². The molecule has 14 heavy (non-hydrogen) atoms. The average molecular weight is 224 g/mol. The Hall–Kier alpha value is -1.14. The number of nitrogen functional groups attached to an aromatic ring is 1. The third-order valence-electron chi connectivity index (χ3n) is 1.45. The molecule has 4 nitrogen and oxygen atoms in total. The number of nitrogens with two attached hydrogens (primary N) is 1. The van der Waals surface area contributed by atoms with E-state index in [2.05, 4.69) is 15.0 Å². The van der Waals surface area contributed by atoms with Gasteiger partial charge in [-0.05, 0) is 24.8 Å². The van der Waals surface area contributed by atoms with Crippen LogP contribution < -0.4 is 5.73 Å². The lowest BCUT2D eigenvalue weighted by atomic mass is 10.5. The van der Waals surface area contributed by atoms with Crippen LogP contribution in [-0.2, 0) is 0 Å². The molecule has 0 radical (unpaired) electrons. The van der Waals surface area contributed by atoms with E-state index in [9.17, 15) is 0 Å². The molecule has 0 unspecified atom stereocenters. The number of hydrogen-bond donors (Lipinski definition) is 1. The molecule has 0 bridgehead atoms. The zero-order valence-corrected chi connectivity index (χ0v) is 9.10. The molecule has 2 N–H and O–H groups in total. The summed E-state index contributed by atoms with van der Waals surface area (Å²) in [7, 11) is 0. The number of anilines is 1. The first-order valence-electron chi connectivity index (χ1n) is 3.92. The van der Waals surface area contributed by atoms with Gasteiger partial charge in [0.1, 0.15) is 5.03 Å². The summed E-state index contributed by atoms with van der Waals surface area (Å²) in [6.45, 7) is 1.89. The van der Waals surface area contributed by atoms with Crippen LogP contribution >= 0.6 is 23.1 Å². The van der Waals surface area contributed by atoms with E-state index >= 15 is 0 Å². The Morgan fingerprint density at radius 1 is 1.43 bits per heavy atom. The molecule has 2 aromatic rings. The summed E-state index contributed by atoms with van der Waals surface area (Å²) in [6, 6.07) is 1.89. The van der Waals surface area contributed by atoms with Crippen LogP contribution in [0, 0.1) is 6.92 Å². The molecule has 0 aliphatic carbocycles. The van der Waals surface area contributed by atoms with Crippen LogP contribution in [0.15, 0.2) is 27.0 Å². The smallest absolute Gasteiger partial charge is 0.221 e. The molecule has 2 heterocycles. The van der Waals surface area contributed by atoms with E-state index in [0.29, 0.717) is 5.95 Å². The van der Waals surface area contributed by atoms with Crippen molar-refractivity contribution in [2.45, 2.75) is 16.3 Å². The highest BCUT2D eigenvalue weighted by molar-refractivity contribution is 8.00. The summed E-state index contributed by atoms with van der Waals surface area (Å²) in [5.74, 6) is 0.309. The van der Waals surface area contributed by atoms with Crippen molar-refractivity contribution in [3.63, 3.8) is 0 Å². The number of aromatic nitrogens is 3. The Labute approximate surface area is 89.6 Å². The summed E-state index contributed by atoms with van der Waals surface area (Å²) in [4.78, 5) is 12.3. The Balaban J connectivity index is 2.25. The van der Waals surface area contributed by atoms with Crippen LogP contribution in [0.2, 0.25) is 0 Å². The highest BCUT2D eigenvalue weighted by Crippen LogP contribution is 2.27. The normalized spacial score (nSPS) is 10.4. The first-order chi connectivity index (χ1) is 6.74. The van der Waals surface area contributed by atoms with E-state index in [1.165, 1.54) is 11.8 Å². The van der Waals surface area contributed by atoms with E-state index < -0.39 is 0 Å². The third kappa shape index (κ3) is 2.21. The van der Waals surface area contributed by atoms with Gasteiger partial charge in [0.25, 0.3) is 0 Å². The van der Waals surface area contributed by atoms with Gasteiger partial charge in [0.15, 0.2) is 4.34 Å². The van der Waals surface area contributed by atoms with Crippen molar-refractivity contribution in [1.82, 2.24) is 15.0 Å². The Kier molecular flexibility index (Phi) is 2.64. The van der Waals surface area contributed by atoms with E-state index in [0.717, 1.165) is 15.1 Å². The number of thiazole rings is 1. The summed E-state index contributed by atoms with van der Waals surface area (Å²) in [6.07, 6.45) is 1.77. The highest BCUT2D eigenvalue weighted by Gasteiger charge is 2.03. The minimum Gasteiger partial charge on any atom is -0.368 e. The topological polar surface area (TPSA) is 64.7 Å². The second-order valence-electron chi connectivity index (χ2n) is 2.61. The van der Waals surface area contributed by atoms with Crippen molar-refractivity contribution < 1.29 is 0 Å². The molecule has 0 aliphatic heterocycles. The average Bonchev–Trinajstić information content (AvgIpc) is 2.54. The van der Waals surface area contributed by atoms with Crippen LogP contribution in [0.5, 0.6) is 0 Å². The van der Waals surface area contributed by atoms with Crippen LogP contribution in [-0.4, -0.2) is 15.0 Å². The fourth-order valence-corrected chi connectivity index (χ4v) is 2.60.